The summed E-state index contributed by atoms with van der Waals surface area (Å²) in [5, 5.41) is 0. The van der Waals surface area contributed by atoms with Crippen LogP contribution in [-0.2, 0) is 21.7 Å². The van der Waals surface area contributed by atoms with Crippen LogP contribution in [0.3, 0.4) is 0 Å². The van der Waals surface area contributed by atoms with Crippen molar-refractivity contribution in [1.29, 1.82) is 0 Å². The first-order chi connectivity index (χ1) is 25.3. The first kappa shape index (κ1) is 54.0. The van der Waals surface area contributed by atoms with Gasteiger partial charge in [0.25, 0.3) is 0 Å². The Morgan fingerprint density at radius 2 is 0.396 bits per heavy atom. The molecule has 0 heterocycles. The van der Waals surface area contributed by atoms with Gasteiger partial charge in [-0.3, -0.25) is 12.2 Å². The smallest absolute Gasteiger partial charge is 0.272 e. The maximum atomic E-state index is 3.72. The molecule has 0 amide bonds. The van der Waals surface area contributed by atoms with Gasteiger partial charge >= 0.3 is 21.7 Å². The van der Waals surface area contributed by atoms with Gasteiger partial charge in [0.05, 0.1) is 0 Å². The van der Waals surface area contributed by atoms with E-state index in [0.29, 0.717) is 0 Å². The van der Waals surface area contributed by atoms with Crippen LogP contribution in [0, 0.1) is 76.4 Å². The van der Waals surface area contributed by atoms with E-state index in [4.69, 9.17) is 0 Å². The van der Waals surface area contributed by atoms with Crippen LogP contribution in [0.2, 0.25) is 0 Å². The van der Waals surface area contributed by atoms with E-state index in [9.17, 15) is 0 Å². The minimum Gasteiger partial charge on any atom is -0.272 e. The Morgan fingerprint density at radius 1 is 0.245 bits per heavy atom. The van der Waals surface area contributed by atoms with Crippen LogP contribution < -0.4 is 0 Å². The molecule has 0 aromatic carbocycles. The molecule has 1 heteroatoms. The molecule has 0 spiro atoms. The molecule has 53 heavy (non-hydrogen) atoms. The van der Waals surface area contributed by atoms with Gasteiger partial charge in [0.15, 0.2) is 0 Å². The number of rotatable bonds is 20. The van der Waals surface area contributed by atoms with Crippen molar-refractivity contribution in [2.24, 2.45) is 0 Å². The molecule has 0 aromatic rings. The normalized spacial score (nSPS) is 17.2. The molecule has 0 aliphatic heterocycles. The predicted octanol–water partition coefficient (Wildman–Crippen LogP) is 16.7. The van der Waals surface area contributed by atoms with Gasteiger partial charge in [0, 0.05) is 0 Å². The van der Waals surface area contributed by atoms with Crippen LogP contribution in [0.15, 0.2) is 66.9 Å². The molecule has 2 fully saturated rings. The molecule has 292 valence electrons. The molecule has 0 unspecified atom stereocenters. The molecule has 2 saturated carbocycles. The van der Waals surface area contributed by atoms with E-state index >= 15 is 0 Å². The summed E-state index contributed by atoms with van der Waals surface area (Å²) in [4.78, 5) is 0. The molecule has 0 bridgehead atoms. The second-order valence-electron chi connectivity index (χ2n) is 13.0. The van der Waals surface area contributed by atoms with E-state index in [-0.39, 0.29) is 21.7 Å². The maximum Gasteiger partial charge on any atom is 2.00 e. The van der Waals surface area contributed by atoms with Crippen LogP contribution in [0.4, 0.5) is 0 Å². The molecule has 2 rings (SSSR count). The summed E-state index contributed by atoms with van der Waals surface area (Å²) in [5.74, 6) is 0. The average Bonchev–Trinajstić information content (AvgIpc) is 3.97. The third kappa shape index (κ3) is 17.7. The second kappa shape index (κ2) is 34.2. The Hall–Kier alpha value is -1.11. The Bertz CT molecular complexity index is 1090. The Labute approximate surface area is 350 Å². The summed E-state index contributed by atoms with van der Waals surface area (Å²) < 4.78 is 0. The molecule has 0 aromatic heterocycles. The fourth-order valence-corrected chi connectivity index (χ4v) is 8.05. The van der Waals surface area contributed by atoms with Gasteiger partial charge in [-0.05, 0) is 138 Å². The van der Waals surface area contributed by atoms with E-state index in [0.717, 1.165) is 89.9 Å². The van der Waals surface area contributed by atoms with Crippen molar-refractivity contribution in [3.05, 3.63) is 143 Å². The van der Waals surface area contributed by atoms with Gasteiger partial charge in [0.2, 0.25) is 0 Å². The number of hydrogen-bond acceptors (Lipinski definition) is 0. The van der Waals surface area contributed by atoms with Crippen molar-refractivity contribution in [2.75, 3.05) is 0 Å². The zero-order chi connectivity index (χ0) is 39.3. The predicted molar refractivity (Wildman–Crippen MR) is 236 cm³/mol. The first-order valence-corrected chi connectivity index (χ1v) is 21.4. The Kier molecular flexibility index (Phi) is 34.8. The average molecular weight is 753 g/mol. The Morgan fingerprint density at radius 3 is 0.509 bits per heavy atom. The van der Waals surface area contributed by atoms with Gasteiger partial charge < -0.3 is 0 Å². The SMILES string of the molecule is CC[C-]=C(CC)/C(CC)=C(CC)/C(CC)=C(CC)/C(CC)=C(CC)\C(CC)=C(CC)\C(CC)=C(/CC)C(=[C-]CC)CC.[CH]1[CH][CH][CH][CH]1.[CH]1[CH][CH][CH][CH]1.[Ti+2]. The van der Waals surface area contributed by atoms with Gasteiger partial charge in [-0.1, -0.05) is 134 Å². The van der Waals surface area contributed by atoms with Crippen LogP contribution in [-0.4, -0.2) is 0 Å². The fourth-order valence-electron chi connectivity index (χ4n) is 8.05. The van der Waals surface area contributed by atoms with Crippen molar-refractivity contribution in [2.45, 2.75) is 187 Å². The van der Waals surface area contributed by atoms with Gasteiger partial charge in [-0.15, -0.1) is 24.0 Å². The third-order valence-corrected chi connectivity index (χ3v) is 10.1. The zero-order valence-corrected chi connectivity index (χ0v) is 38.7. The van der Waals surface area contributed by atoms with Crippen molar-refractivity contribution in [3.8, 4) is 0 Å². The monoisotopic (exact) mass is 753 g/mol. The minimum atomic E-state index is 0. The van der Waals surface area contributed by atoms with Gasteiger partial charge in [0.1, 0.15) is 0 Å². The molecule has 2 aliphatic carbocycles. The van der Waals surface area contributed by atoms with Crippen LogP contribution in [0.5, 0.6) is 0 Å². The van der Waals surface area contributed by atoms with Crippen LogP contribution in [0.1, 0.15) is 187 Å². The largest absolute Gasteiger partial charge is 2.00 e. The molecule has 0 nitrogen and oxygen atoms in total. The van der Waals surface area contributed by atoms with Crippen LogP contribution in [0.25, 0.3) is 0 Å². The third-order valence-electron chi connectivity index (χ3n) is 10.1. The Balaban J connectivity index is 0. The van der Waals surface area contributed by atoms with E-state index < -0.39 is 0 Å². The summed E-state index contributed by atoms with van der Waals surface area (Å²) in [7, 11) is 0. The number of allylic oxidation sites excluding steroid dienone is 14. The standard InChI is InChI=1S/C42H70.2C5H5.Ti/c1-15-29-31(17-3)33(19-5)35(21-7)37(23-9)39(25-11)41(27-13)42(28-14)40(26-12)38(24-10)36(22-8)34(20-6)32(18-4)30-16-2;2*1-2-4-5-3-1;/h15-28H2,1-14H3;2*1-5H;/q-2;;;+2/b35-33+,36-34+,39-37+,40-38+,42-41-;;;. The van der Waals surface area contributed by atoms with Crippen LogP contribution >= 0.6 is 0 Å². The molecule has 0 saturated heterocycles. The molecular weight excluding hydrogens is 672 g/mol. The summed E-state index contributed by atoms with van der Waals surface area (Å²) in [6, 6.07) is 0. The quantitative estimate of drug-likeness (QED) is 0.0660. The van der Waals surface area contributed by atoms with E-state index in [2.05, 4.69) is 109 Å². The first-order valence-electron chi connectivity index (χ1n) is 21.4. The van der Waals surface area contributed by atoms with Crippen molar-refractivity contribution in [1.82, 2.24) is 0 Å². The molecular formula is C52H80Ti. The van der Waals surface area contributed by atoms with E-state index in [1.54, 1.807) is 55.7 Å². The van der Waals surface area contributed by atoms with Gasteiger partial charge in [-0.25, -0.2) is 11.1 Å². The number of hydrogen-bond donors (Lipinski definition) is 0. The maximum absolute atomic E-state index is 3.72. The van der Waals surface area contributed by atoms with E-state index in [1.165, 1.54) is 11.1 Å². The minimum absolute atomic E-state index is 0. The molecule has 2 aliphatic rings. The summed E-state index contributed by atoms with van der Waals surface area (Å²) in [5.41, 5.74) is 18.8. The summed E-state index contributed by atoms with van der Waals surface area (Å²) >= 11 is 0. The van der Waals surface area contributed by atoms with Crippen molar-refractivity contribution >= 4 is 0 Å². The summed E-state index contributed by atoms with van der Waals surface area (Å²) in [6.07, 6.45) is 42.4. The topological polar surface area (TPSA) is 0 Å². The molecule has 0 N–H and O–H groups in total. The molecule has 0 atom stereocenters. The summed E-state index contributed by atoms with van der Waals surface area (Å²) in [6.45, 7) is 32.8. The molecule has 10 radical (unpaired) electrons. The van der Waals surface area contributed by atoms with E-state index in [1.807, 2.05) is 64.2 Å². The second-order valence-corrected chi connectivity index (χ2v) is 13.0. The van der Waals surface area contributed by atoms with Crippen molar-refractivity contribution in [3.63, 3.8) is 0 Å². The zero-order valence-electron chi connectivity index (χ0n) is 37.2. The van der Waals surface area contributed by atoms with Gasteiger partial charge in [-0.2, -0.15) is 11.1 Å². The van der Waals surface area contributed by atoms with Crippen molar-refractivity contribution < 1.29 is 21.7 Å². The fraction of sp³-hybridized carbons (Fsp3) is 0.538.